The molecule has 0 saturated heterocycles. The van der Waals surface area contributed by atoms with Crippen LogP contribution in [-0.4, -0.2) is 24.0 Å². The maximum atomic E-state index is 11.7. The van der Waals surface area contributed by atoms with Gasteiger partial charge in [-0.05, 0) is 37.0 Å². The first kappa shape index (κ1) is 13.4. The number of aryl methyl sites for hydroxylation is 1. The van der Waals surface area contributed by atoms with Crippen LogP contribution in [0.25, 0.3) is 10.2 Å². The van der Waals surface area contributed by atoms with E-state index >= 15 is 0 Å². The molecule has 1 aromatic carbocycles. The Balaban J connectivity index is 2.02. The van der Waals surface area contributed by atoms with Gasteiger partial charge in [0.25, 0.3) is 0 Å². The number of amides is 1. The van der Waals surface area contributed by atoms with Crippen LogP contribution in [-0.2, 0) is 11.2 Å². The predicted molar refractivity (Wildman–Crippen MR) is 84.7 cm³/mol. The van der Waals surface area contributed by atoms with E-state index in [9.17, 15) is 4.79 Å². The zero-order valence-electron chi connectivity index (χ0n) is 11.9. The van der Waals surface area contributed by atoms with Crippen molar-refractivity contribution in [1.82, 2.24) is 4.98 Å². The maximum absolute atomic E-state index is 11.7. The van der Waals surface area contributed by atoms with Crippen molar-refractivity contribution in [2.24, 2.45) is 0 Å². The van der Waals surface area contributed by atoms with Gasteiger partial charge in [0, 0.05) is 25.7 Å². The molecule has 106 valence electrons. The van der Waals surface area contributed by atoms with Crippen LogP contribution in [0.4, 0.5) is 10.8 Å². The minimum atomic E-state index is 0.116. The molecule has 1 aromatic heterocycles. The summed E-state index contributed by atoms with van der Waals surface area (Å²) in [6.45, 7) is 5.54. The van der Waals surface area contributed by atoms with Crippen LogP contribution in [0.3, 0.4) is 0 Å². The van der Waals surface area contributed by atoms with Crippen molar-refractivity contribution < 1.29 is 4.79 Å². The van der Waals surface area contributed by atoms with Gasteiger partial charge < -0.3 is 10.2 Å². The average molecular weight is 289 g/mol. The molecule has 0 unspecified atom stereocenters. The monoisotopic (exact) mass is 289 g/mol. The number of carbonyl (C=O) groups is 1. The maximum Gasteiger partial charge on any atom is 0.223 e. The molecule has 0 bridgehead atoms. The first-order valence-corrected chi connectivity index (χ1v) is 7.96. The minimum absolute atomic E-state index is 0.116. The Bertz CT molecular complexity index is 650. The van der Waals surface area contributed by atoms with Crippen LogP contribution in [0.5, 0.6) is 0 Å². The van der Waals surface area contributed by atoms with Gasteiger partial charge in [0.05, 0.1) is 10.2 Å². The quantitative estimate of drug-likeness (QED) is 0.941. The zero-order valence-corrected chi connectivity index (χ0v) is 12.7. The van der Waals surface area contributed by atoms with Crippen LogP contribution < -0.4 is 10.2 Å². The van der Waals surface area contributed by atoms with Crippen molar-refractivity contribution in [2.75, 3.05) is 23.3 Å². The molecule has 0 aliphatic carbocycles. The summed E-state index contributed by atoms with van der Waals surface area (Å²) in [5, 5.41) is 4.31. The highest BCUT2D eigenvalue weighted by Gasteiger charge is 2.21. The second kappa shape index (κ2) is 5.40. The van der Waals surface area contributed by atoms with E-state index in [0.717, 1.165) is 48.7 Å². The molecule has 1 aliphatic heterocycles. The normalized spacial score (nSPS) is 14.4. The minimum Gasteiger partial charge on any atom is -0.361 e. The van der Waals surface area contributed by atoms with Gasteiger partial charge in [-0.15, -0.1) is 0 Å². The van der Waals surface area contributed by atoms with E-state index in [1.807, 2.05) is 4.90 Å². The van der Waals surface area contributed by atoms with Gasteiger partial charge in [-0.2, -0.15) is 0 Å². The molecule has 4 nitrogen and oxygen atoms in total. The fourth-order valence-electron chi connectivity index (χ4n) is 2.64. The van der Waals surface area contributed by atoms with Gasteiger partial charge in [-0.3, -0.25) is 4.79 Å². The lowest BCUT2D eigenvalue weighted by Crippen LogP contribution is -2.33. The molecule has 5 heteroatoms. The lowest BCUT2D eigenvalue weighted by Gasteiger charge is -2.28. The van der Waals surface area contributed by atoms with Crippen LogP contribution in [0.2, 0.25) is 0 Å². The van der Waals surface area contributed by atoms with Crippen molar-refractivity contribution in [2.45, 2.75) is 33.1 Å². The molecule has 0 fully saturated rings. The predicted octanol–water partition coefficient (Wildman–Crippen LogP) is 3.42. The first-order chi connectivity index (χ1) is 9.69. The van der Waals surface area contributed by atoms with Gasteiger partial charge in [0.1, 0.15) is 0 Å². The van der Waals surface area contributed by atoms with E-state index in [2.05, 4.69) is 29.4 Å². The number of nitrogens with zero attached hydrogens (tertiary/aromatic N) is 2. The standard InChI is InChI=1S/C15H19N3OS/c1-3-6-16-15-17-12-9-13-11(8-14(12)20-15)5-4-7-18(13)10(2)19/h8-9H,3-7H2,1-2H3,(H,16,17). The number of hydrogen-bond acceptors (Lipinski definition) is 4. The average Bonchev–Trinajstić information content (AvgIpc) is 2.83. The molecular weight excluding hydrogens is 270 g/mol. The second-order valence-corrected chi connectivity index (χ2v) is 6.20. The summed E-state index contributed by atoms with van der Waals surface area (Å²) in [7, 11) is 0. The summed E-state index contributed by atoms with van der Waals surface area (Å²) < 4.78 is 1.20. The van der Waals surface area contributed by atoms with E-state index in [0.29, 0.717) is 0 Å². The largest absolute Gasteiger partial charge is 0.361 e. The molecule has 20 heavy (non-hydrogen) atoms. The number of aromatic nitrogens is 1. The highest BCUT2D eigenvalue weighted by atomic mass is 32.1. The second-order valence-electron chi connectivity index (χ2n) is 5.17. The Kier molecular flexibility index (Phi) is 3.61. The van der Waals surface area contributed by atoms with Gasteiger partial charge in [-0.1, -0.05) is 18.3 Å². The molecule has 0 saturated carbocycles. The van der Waals surface area contributed by atoms with Crippen molar-refractivity contribution >= 4 is 38.3 Å². The van der Waals surface area contributed by atoms with Crippen LogP contribution in [0.1, 0.15) is 32.3 Å². The molecule has 1 aliphatic rings. The summed E-state index contributed by atoms with van der Waals surface area (Å²) in [5.74, 6) is 0.116. The molecule has 0 atom stereocenters. The van der Waals surface area contributed by atoms with Crippen LogP contribution in [0, 0.1) is 0 Å². The third-order valence-electron chi connectivity index (χ3n) is 3.61. The number of fused-ring (bicyclic) bond motifs is 2. The number of carbonyl (C=O) groups excluding carboxylic acids is 1. The van der Waals surface area contributed by atoms with Gasteiger partial charge in [-0.25, -0.2) is 4.98 Å². The Morgan fingerprint density at radius 1 is 1.50 bits per heavy atom. The smallest absolute Gasteiger partial charge is 0.223 e. The van der Waals surface area contributed by atoms with Crippen molar-refractivity contribution in [3.63, 3.8) is 0 Å². The van der Waals surface area contributed by atoms with Crippen molar-refractivity contribution in [1.29, 1.82) is 0 Å². The SMILES string of the molecule is CCCNc1nc2cc3c(cc2s1)CCCN3C(C)=O. The molecule has 2 aromatic rings. The lowest BCUT2D eigenvalue weighted by atomic mass is 10.0. The molecule has 0 spiro atoms. The van der Waals surface area contributed by atoms with Crippen LogP contribution in [0.15, 0.2) is 12.1 Å². The molecule has 3 rings (SSSR count). The Labute approximate surface area is 122 Å². The van der Waals surface area contributed by atoms with Gasteiger partial charge >= 0.3 is 0 Å². The summed E-state index contributed by atoms with van der Waals surface area (Å²) in [4.78, 5) is 18.2. The van der Waals surface area contributed by atoms with Crippen molar-refractivity contribution in [3.8, 4) is 0 Å². The number of thiazole rings is 1. The highest BCUT2D eigenvalue weighted by molar-refractivity contribution is 7.22. The Hall–Kier alpha value is -1.62. The molecule has 0 radical (unpaired) electrons. The lowest BCUT2D eigenvalue weighted by molar-refractivity contribution is -0.116. The topological polar surface area (TPSA) is 45.2 Å². The Morgan fingerprint density at radius 3 is 3.10 bits per heavy atom. The number of nitrogens with one attached hydrogen (secondary N) is 1. The van der Waals surface area contributed by atoms with E-state index in [1.165, 1.54) is 10.3 Å². The molecule has 1 amide bonds. The fourth-order valence-corrected chi connectivity index (χ4v) is 3.58. The molecular formula is C15H19N3OS. The first-order valence-electron chi connectivity index (χ1n) is 7.14. The van der Waals surface area contributed by atoms with E-state index in [-0.39, 0.29) is 5.91 Å². The summed E-state index contributed by atoms with van der Waals surface area (Å²) >= 11 is 1.69. The molecule has 2 heterocycles. The van der Waals surface area contributed by atoms with Crippen LogP contribution >= 0.6 is 11.3 Å². The third-order valence-corrected chi connectivity index (χ3v) is 4.59. The zero-order chi connectivity index (χ0) is 14.1. The van der Waals surface area contributed by atoms with Gasteiger partial charge in [0.2, 0.25) is 5.91 Å². The van der Waals surface area contributed by atoms with Crippen molar-refractivity contribution in [3.05, 3.63) is 17.7 Å². The molecule has 1 N–H and O–H groups in total. The number of benzene rings is 1. The number of anilines is 2. The Morgan fingerprint density at radius 2 is 2.35 bits per heavy atom. The summed E-state index contributed by atoms with van der Waals surface area (Å²) in [6.07, 6.45) is 3.17. The number of hydrogen-bond donors (Lipinski definition) is 1. The third kappa shape index (κ3) is 2.38. The summed E-state index contributed by atoms with van der Waals surface area (Å²) in [6, 6.07) is 4.27. The van der Waals surface area contributed by atoms with E-state index in [4.69, 9.17) is 0 Å². The van der Waals surface area contributed by atoms with Gasteiger partial charge in [0.15, 0.2) is 5.13 Å². The van der Waals surface area contributed by atoms with E-state index < -0.39 is 0 Å². The summed E-state index contributed by atoms with van der Waals surface area (Å²) in [5.41, 5.74) is 3.30. The highest BCUT2D eigenvalue weighted by Crippen LogP contribution is 2.35. The number of rotatable bonds is 3. The fraction of sp³-hybridized carbons (Fsp3) is 0.467. The van der Waals surface area contributed by atoms with E-state index in [1.54, 1.807) is 18.3 Å².